The Balaban J connectivity index is 2.67. The van der Waals surface area contributed by atoms with Gasteiger partial charge in [-0.1, -0.05) is 6.92 Å². The highest BCUT2D eigenvalue weighted by molar-refractivity contribution is 7.92. The van der Waals surface area contributed by atoms with Crippen LogP contribution in [-0.2, 0) is 19.4 Å². The van der Waals surface area contributed by atoms with E-state index in [4.69, 9.17) is 4.74 Å². The van der Waals surface area contributed by atoms with Crippen LogP contribution in [0.3, 0.4) is 0 Å². The van der Waals surface area contributed by atoms with Crippen molar-refractivity contribution in [2.45, 2.75) is 31.6 Å². The predicted molar refractivity (Wildman–Crippen MR) is 60.9 cm³/mol. The van der Waals surface area contributed by atoms with Gasteiger partial charge in [0.2, 0.25) is 5.91 Å². The third-order valence-corrected chi connectivity index (χ3v) is 4.38. The summed E-state index contributed by atoms with van der Waals surface area (Å²) in [5, 5.41) is -0.955. The van der Waals surface area contributed by atoms with Crippen LogP contribution in [-0.4, -0.2) is 56.5 Å². The smallest absolute Gasteiger partial charge is 0.240 e. The summed E-state index contributed by atoms with van der Waals surface area (Å²) < 4.78 is 28.0. The Morgan fingerprint density at radius 3 is 2.69 bits per heavy atom. The van der Waals surface area contributed by atoms with E-state index in [0.29, 0.717) is 19.7 Å². The van der Waals surface area contributed by atoms with E-state index in [9.17, 15) is 13.2 Å². The molecule has 1 aliphatic heterocycles. The normalized spacial score (nSPS) is 24.2. The van der Waals surface area contributed by atoms with Gasteiger partial charge in [0.15, 0.2) is 9.84 Å². The number of hydrogen-bond acceptors (Lipinski definition) is 4. The van der Waals surface area contributed by atoms with Crippen LogP contribution in [0.4, 0.5) is 0 Å². The predicted octanol–water partition coefficient (Wildman–Crippen LogP) is 0.0569. The summed E-state index contributed by atoms with van der Waals surface area (Å²) in [6.45, 7) is 4.89. The number of ether oxygens (including phenoxy) is 1. The van der Waals surface area contributed by atoms with Crippen molar-refractivity contribution in [1.29, 1.82) is 0 Å². The van der Waals surface area contributed by atoms with Crippen LogP contribution < -0.4 is 0 Å². The Morgan fingerprint density at radius 2 is 2.19 bits per heavy atom. The molecule has 16 heavy (non-hydrogen) atoms. The zero-order chi connectivity index (χ0) is 12.3. The van der Waals surface area contributed by atoms with Crippen molar-refractivity contribution in [3.05, 3.63) is 0 Å². The van der Waals surface area contributed by atoms with Gasteiger partial charge in [0.1, 0.15) is 5.25 Å². The van der Waals surface area contributed by atoms with Gasteiger partial charge < -0.3 is 9.64 Å². The van der Waals surface area contributed by atoms with Crippen molar-refractivity contribution >= 4 is 15.7 Å². The number of sulfone groups is 1. The summed E-state index contributed by atoms with van der Waals surface area (Å²) in [7, 11) is -3.31. The van der Waals surface area contributed by atoms with Crippen LogP contribution in [0.15, 0.2) is 0 Å². The maximum atomic E-state index is 11.9. The second-order valence-corrected chi connectivity index (χ2v) is 6.52. The number of morpholine rings is 1. The summed E-state index contributed by atoms with van der Waals surface area (Å²) in [6.07, 6.45) is 1.95. The number of carbonyl (C=O) groups is 1. The highest BCUT2D eigenvalue weighted by Gasteiger charge is 2.31. The fourth-order valence-corrected chi connectivity index (χ4v) is 2.12. The number of hydrogen-bond donors (Lipinski definition) is 0. The van der Waals surface area contributed by atoms with E-state index in [0.717, 1.165) is 12.7 Å². The van der Waals surface area contributed by atoms with E-state index < -0.39 is 15.1 Å². The Hall–Kier alpha value is -0.620. The summed E-state index contributed by atoms with van der Waals surface area (Å²) in [6, 6.07) is 0. The second-order valence-electron chi connectivity index (χ2n) is 4.16. The average molecular weight is 249 g/mol. The maximum absolute atomic E-state index is 11.9. The first-order valence-corrected chi connectivity index (χ1v) is 7.41. The van der Waals surface area contributed by atoms with Crippen LogP contribution in [0.1, 0.15) is 20.3 Å². The molecule has 0 saturated carbocycles. The Bertz CT molecular complexity index is 352. The van der Waals surface area contributed by atoms with Crippen molar-refractivity contribution in [3.63, 3.8) is 0 Å². The average Bonchev–Trinajstić information content (AvgIpc) is 2.26. The summed E-state index contributed by atoms with van der Waals surface area (Å²) in [5.74, 6) is -0.316. The lowest BCUT2D eigenvalue weighted by atomic mass is 10.2. The molecule has 6 heteroatoms. The zero-order valence-corrected chi connectivity index (χ0v) is 10.8. The molecule has 1 rings (SSSR count). The van der Waals surface area contributed by atoms with E-state index in [1.165, 1.54) is 6.92 Å². The largest absolute Gasteiger partial charge is 0.375 e. The number of nitrogens with zero attached hydrogens (tertiary/aromatic N) is 1. The van der Waals surface area contributed by atoms with Crippen molar-refractivity contribution in [3.8, 4) is 0 Å². The van der Waals surface area contributed by atoms with Crippen LogP contribution in [0.5, 0.6) is 0 Å². The van der Waals surface area contributed by atoms with Crippen LogP contribution in [0, 0.1) is 0 Å². The highest BCUT2D eigenvalue weighted by Crippen LogP contribution is 2.11. The van der Waals surface area contributed by atoms with Gasteiger partial charge in [-0.25, -0.2) is 8.42 Å². The first-order chi connectivity index (χ1) is 7.36. The topological polar surface area (TPSA) is 63.7 Å². The summed E-state index contributed by atoms with van der Waals surface area (Å²) in [5.41, 5.74) is 0. The van der Waals surface area contributed by atoms with Crippen molar-refractivity contribution in [2.75, 3.05) is 26.0 Å². The minimum absolute atomic E-state index is 0.0319. The van der Waals surface area contributed by atoms with Crippen molar-refractivity contribution < 1.29 is 17.9 Å². The third-order valence-electron chi connectivity index (χ3n) is 2.90. The first-order valence-electron chi connectivity index (χ1n) is 5.45. The number of carbonyl (C=O) groups excluding carboxylic acids is 1. The first kappa shape index (κ1) is 13.4. The van der Waals surface area contributed by atoms with Crippen LogP contribution in [0.2, 0.25) is 0 Å². The summed E-state index contributed by atoms with van der Waals surface area (Å²) >= 11 is 0. The Kier molecular flexibility index (Phi) is 4.32. The van der Waals surface area contributed by atoms with Crippen molar-refractivity contribution in [2.24, 2.45) is 0 Å². The Labute approximate surface area is 96.7 Å². The molecule has 1 amide bonds. The minimum Gasteiger partial charge on any atom is -0.375 e. The molecule has 0 aromatic heterocycles. The van der Waals surface area contributed by atoms with Gasteiger partial charge in [0.05, 0.1) is 12.7 Å². The van der Waals surface area contributed by atoms with Gasteiger partial charge in [0.25, 0.3) is 0 Å². The van der Waals surface area contributed by atoms with E-state index in [-0.39, 0.29) is 12.0 Å². The van der Waals surface area contributed by atoms with Gasteiger partial charge >= 0.3 is 0 Å². The molecule has 1 heterocycles. The molecule has 0 aromatic rings. The molecule has 0 unspecified atom stereocenters. The van der Waals surface area contributed by atoms with Gasteiger partial charge in [-0.05, 0) is 13.3 Å². The van der Waals surface area contributed by atoms with Crippen LogP contribution >= 0.6 is 0 Å². The molecule has 1 fully saturated rings. The molecule has 0 N–H and O–H groups in total. The standard InChI is InChI=1S/C10H19NO4S/c1-4-9-7-11(5-6-15-9)10(12)8(2)16(3,13)14/h8-9H,4-7H2,1-3H3/t8-,9-/m0/s1. The minimum atomic E-state index is -3.31. The van der Waals surface area contributed by atoms with E-state index in [1.54, 1.807) is 4.90 Å². The highest BCUT2D eigenvalue weighted by atomic mass is 32.2. The quantitative estimate of drug-likeness (QED) is 0.709. The molecule has 1 saturated heterocycles. The number of rotatable bonds is 3. The number of amides is 1. The van der Waals surface area contributed by atoms with Crippen molar-refractivity contribution in [1.82, 2.24) is 4.90 Å². The lowest BCUT2D eigenvalue weighted by Gasteiger charge is -2.33. The lowest BCUT2D eigenvalue weighted by Crippen LogP contribution is -2.49. The Morgan fingerprint density at radius 1 is 1.56 bits per heavy atom. The molecule has 1 aliphatic rings. The van der Waals surface area contributed by atoms with E-state index >= 15 is 0 Å². The third kappa shape index (κ3) is 3.18. The fourth-order valence-electron chi connectivity index (χ4n) is 1.61. The molecule has 5 nitrogen and oxygen atoms in total. The SMILES string of the molecule is CC[C@H]1CN(C(=O)[C@H](C)S(C)(=O)=O)CCO1. The molecular weight excluding hydrogens is 230 g/mol. The van der Waals surface area contributed by atoms with E-state index in [1.807, 2.05) is 6.92 Å². The van der Waals surface area contributed by atoms with Gasteiger partial charge in [-0.15, -0.1) is 0 Å². The summed E-state index contributed by atoms with van der Waals surface area (Å²) in [4.78, 5) is 13.5. The lowest BCUT2D eigenvalue weighted by molar-refractivity contribution is -0.138. The van der Waals surface area contributed by atoms with Gasteiger partial charge in [0, 0.05) is 19.3 Å². The molecule has 0 aliphatic carbocycles. The molecule has 94 valence electrons. The van der Waals surface area contributed by atoms with E-state index in [2.05, 4.69) is 0 Å². The molecule has 0 spiro atoms. The molecule has 0 aromatic carbocycles. The van der Waals surface area contributed by atoms with Gasteiger partial charge in [-0.2, -0.15) is 0 Å². The molecular formula is C10H19NO4S. The molecule has 0 radical (unpaired) electrons. The molecule has 0 bridgehead atoms. The fraction of sp³-hybridized carbons (Fsp3) is 0.900. The second kappa shape index (κ2) is 5.14. The zero-order valence-electron chi connectivity index (χ0n) is 9.97. The van der Waals surface area contributed by atoms with Crippen LogP contribution in [0.25, 0.3) is 0 Å². The molecule has 2 atom stereocenters. The van der Waals surface area contributed by atoms with Gasteiger partial charge in [-0.3, -0.25) is 4.79 Å². The maximum Gasteiger partial charge on any atom is 0.240 e. The monoisotopic (exact) mass is 249 g/mol.